The zero-order chi connectivity index (χ0) is 15.6. The minimum absolute atomic E-state index is 0.0484. The van der Waals surface area contributed by atoms with E-state index in [0.29, 0.717) is 24.0 Å². The Balaban J connectivity index is 2.68. The standard InChI is InChI=1S/C16H18O4S/c1-3-11-9-13(17)5-7-15(11)21(19,20)16-8-6-14(18)10-12(16)4-2/h5-10,17-18H,3-4H2,1-2H3. The van der Waals surface area contributed by atoms with Gasteiger partial charge >= 0.3 is 0 Å². The summed E-state index contributed by atoms with van der Waals surface area (Å²) in [6.07, 6.45) is 1.00. The molecule has 0 aromatic heterocycles. The molecule has 112 valence electrons. The van der Waals surface area contributed by atoms with Crippen molar-refractivity contribution in [1.29, 1.82) is 0 Å². The summed E-state index contributed by atoms with van der Waals surface area (Å²) >= 11 is 0. The van der Waals surface area contributed by atoms with Crippen molar-refractivity contribution in [2.75, 3.05) is 0 Å². The molecule has 0 aliphatic carbocycles. The molecule has 2 rings (SSSR count). The van der Waals surface area contributed by atoms with Gasteiger partial charge in [0, 0.05) is 0 Å². The summed E-state index contributed by atoms with van der Waals surface area (Å²) in [6, 6.07) is 8.54. The number of phenols is 2. The molecule has 0 heterocycles. The van der Waals surface area contributed by atoms with Gasteiger partial charge in [-0.3, -0.25) is 0 Å². The highest BCUT2D eigenvalue weighted by Crippen LogP contribution is 2.31. The molecule has 5 heteroatoms. The maximum absolute atomic E-state index is 12.9. The van der Waals surface area contributed by atoms with Crippen LogP contribution >= 0.6 is 0 Å². The van der Waals surface area contributed by atoms with Gasteiger partial charge < -0.3 is 10.2 Å². The third-order valence-corrected chi connectivity index (χ3v) is 5.38. The lowest BCUT2D eigenvalue weighted by Gasteiger charge is -2.13. The Hall–Kier alpha value is -2.01. The number of benzene rings is 2. The van der Waals surface area contributed by atoms with Gasteiger partial charge in [0.25, 0.3) is 0 Å². The quantitative estimate of drug-likeness (QED) is 0.910. The normalized spacial score (nSPS) is 11.5. The molecule has 0 unspecified atom stereocenters. The molecule has 0 spiro atoms. The fraction of sp³-hybridized carbons (Fsp3) is 0.250. The van der Waals surface area contributed by atoms with E-state index in [-0.39, 0.29) is 21.3 Å². The largest absolute Gasteiger partial charge is 0.508 e. The molecule has 0 aliphatic heterocycles. The van der Waals surface area contributed by atoms with Crippen LogP contribution in [0.25, 0.3) is 0 Å². The molecule has 0 saturated heterocycles. The summed E-state index contributed by atoms with van der Waals surface area (Å²) in [5, 5.41) is 19.0. The van der Waals surface area contributed by atoms with Crippen LogP contribution in [0.1, 0.15) is 25.0 Å². The van der Waals surface area contributed by atoms with Crippen molar-refractivity contribution >= 4 is 9.84 Å². The molecule has 21 heavy (non-hydrogen) atoms. The molecule has 2 aromatic rings. The number of rotatable bonds is 4. The molecule has 0 bridgehead atoms. The molecule has 0 saturated carbocycles. The van der Waals surface area contributed by atoms with Crippen molar-refractivity contribution in [3.63, 3.8) is 0 Å². The maximum atomic E-state index is 12.9. The van der Waals surface area contributed by atoms with E-state index in [2.05, 4.69) is 0 Å². The van der Waals surface area contributed by atoms with Gasteiger partial charge in [0.05, 0.1) is 9.79 Å². The molecule has 2 aromatic carbocycles. The molecule has 2 N–H and O–H groups in total. The number of phenolic OH excluding ortho intramolecular Hbond substituents is 2. The predicted octanol–water partition coefficient (Wildman–Crippen LogP) is 3.06. The number of aromatic hydroxyl groups is 2. The van der Waals surface area contributed by atoms with Crippen molar-refractivity contribution in [2.45, 2.75) is 36.5 Å². The average Bonchev–Trinajstić information content (AvgIpc) is 2.46. The van der Waals surface area contributed by atoms with Crippen LogP contribution in [0.5, 0.6) is 11.5 Å². The number of sulfone groups is 1. The van der Waals surface area contributed by atoms with E-state index in [1.807, 2.05) is 13.8 Å². The lowest BCUT2D eigenvalue weighted by Crippen LogP contribution is -2.08. The second-order valence-electron chi connectivity index (χ2n) is 4.79. The van der Waals surface area contributed by atoms with Gasteiger partial charge in [-0.1, -0.05) is 13.8 Å². The van der Waals surface area contributed by atoms with Crippen LogP contribution in [-0.4, -0.2) is 18.6 Å². The first kappa shape index (κ1) is 15.4. The van der Waals surface area contributed by atoms with Crippen LogP contribution in [0.15, 0.2) is 46.2 Å². The molecule has 0 amide bonds. The highest BCUT2D eigenvalue weighted by atomic mass is 32.2. The Morgan fingerprint density at radius 1 is 0.810 bits per heavy atom. The molecule has 0 radical (unpaired) electrons. The van der Waals surface area contributed by atoms with Crippen LogP contribution in [-0.2, 0) is 22.7 Å². The Kier molecular flexibility index (Phi) is 4.23. The van der Waals surface area contributed by atoms with Crippen molar-refractivity contribution in [1.82, 2.24) is 0 Å². The van der Waals surface area contributed by atoms with E-state index < -0.39 is 9.84 Å². The lowest BCUT2D eigenvalue weighted by atomic mass is 10.1. The fourth-order valence-electron chi connectivity index (χ4n) is 2.33. The van der Waals surface area contributed by atoms with Crippen molar-refractivity contribution < 1.29 is 18.6 Å². The van der Waals surface area contributed by atoms with Gasteiger partial charge in [-0.2, -0.15) is 0 Å². The molecule has 4 nitrogen and oxygen atoms in total. The van der Waals surface area contributed by atoms with Crippen molar-refractivity contribution in [2.24, 2.45) is 0 Å². The monoisotopic (exact) mass is 306 g/mol. The first-order valence-corrected chi connectivity index (χ1v) is 8.27. The predicted molar refractivity (Wildman–Crippen MR) is 80.4 cm³/mol. The molecule has 0 fully saturated rings. The van der Waals surface area contributed by atoms with Crippen LogP contribution in [0.2, 0.25) is 0 Å². The Morgan fingerprint density at radius 2 is 1.19 bits per heavy atom. The highest BCUT2D eigenvalue weighted by molar-refractivity contribution is 7.91. The first-order chi connectivity index (χ1) is 9.90. The molecular formula is C16H18O4S. The smallest absolute Gasteiger partial charge is 0.207 e. The van der Waals surface area contributed by atoms with Crippen molar-refractivity contribution in [3.05, 3.63) is 47.5 Å². The van der Waals surface area contributed by atoms with Crippen LogP contribution < -0.4 is 0 Å². The van der Waals surface area contributed by atoms with E-state index in [1.165, 1.54) is 36.4 Å². The number of aryl methyl sites for hydroxylation is 2. The van der Waals surface area contributed by atoms with E-state index in [4.69, 9.17) is 0 Å². The molecule has 0 atom stereocenters. The lowest BCUT2D eigenvalue weighted by molar-refractivity contribution is 0.473. The third-order valence-electron chi connectivity index (χ3n) is 3.43. The highest BCUT2D eigenvalue weighted by Gasteiger charge is 2.23. The van der Waals surface area contributed by atoms with E-state index in [0.717, 1.165) is 0 Å². The Bertz CT molecular complexity index is 704. The second kappa shape index (κ2) is 5.77. The summed E-state index contributed by atoms with van der Waals surface area (Å²) in [5.41, 5.74) is 1.15. The maximum Gasteiger partial charge on any atom is 0.207 e. The van der Waals surface area contributed by atoms with Crippen LogP contribution in [0, 0.1) is 0 Å². The minimum Gasteiger partial charge on any atom is -0.508 e. The number of hydrogen-bond acceptors (Lipinski definition) is 4. The average molecular weight is 306 g/mol. The van der Waals surface area contributed by atoms with Crippen LogP contribution in [0.3, 0.4) is 0 Å². The van der Waals surface area contributed by atoms with Gasteiger partial charge in [0.1, 0.15) is 11.5 Å². The van der Waals surface area contributed by atoms with Gasteiger partial charge in [-0.25, -0.2) is 8.42 Å². The molecule has 0 aliphatic rings. The zero-order valence-electron chi connectivity index (χ0n) is 12.0. The van der Waals surface area contributed by atoms with E-state index in [9.17, 15) is 18.6 Å². The van der Waals surface area contributed by atoms with E-state index >= 15 is 0 Å². The van der Waals surface area contributed by atoms with Gasteiger partial charge in [0.2, 0.25) is 9.84 Å². The fourth-order valence-corrected chi connectivity index (χ4v) is 4.16. The topological polar surface area (TPSA) is 74.6 Å². The van der Waals surface area contributed by atoms with Gasteiger partial charge in [-0.05, 0) is 60.4 Å². The van der Waals surface area contributed by atoms with Gasteiger partial charge in [-0.15, -0.1) is 0 Å². The summed E-state index contributed by atoms with van der Waals surface area (Å²) < 4.78 is 25.7. The SMILES string of the molecule is CCc1cc(O)ccc1S(=O)(=O)c1ccc(O)cc1CC. The van der Waals surface area contributed by atoms with Gasteiger partial charge in [0.15, 0.2) is 0 Å². The Morgan fingerprint density at radius 3 is 1.52 bits per heavy atom. The Labute approximate surface area is 124 Å². The van der Waals surface area contributed by atoms with E-state index in [1.54, 1.807) is 0 Å². The molecular weight excluding hydrogens is 288 g/mol. The zero-order valence-corrected chi connectivity index (χ0v) is 12.8. The van der Waals surface area contributed by atoms with Crippen LogP contribution in [0.4, 0.5) is 0 Å². The first-order valence-electron chi connectivity index (χ1n) is 6.79. The summed E-state index contributed by atoms with van der Waals surface area (Å²) in [6.45, 7) is 3.68. The summed E-state index contributed by atoms with van der Waals surface area (Å²) in [7, 11) is -3.68. The third kappa shape index (κ3) is 2.88. The van der Waals surface area contributed by atoms with Crippen molar-refractivity contribution in [3.8, 4) is 11.5 Å². The summed E-state index contributed by atoms with van der Waals surface area (Å²) in [4.78, 5) is 0.395. The summed E-state index contributed by atoms with van der Waals surface area (Å²) in [5.74, 6) is 0.0967. The number of hydrogen-bond donors (Lipinski definition) is 2. The minimum atomic E-state index is -3.68. The second-order valence-corrected chi connectivity index (χ2v) is 6.68.